The molecule has 2 aromatic heterocycles. The lowest BCUT2D eigenvalue weighted by Crippen LogP contribution is -1.80. The second kappa shape index (κ2) is 2.40. The number of fused-ring (bicyclic) bond motifs is 1. The highest BCUT2D eigenvalue weighted by molar-refractivity contribution is 6.42. The summed E-state index contributed by atoms with van der Waals surface area (Å²) < 4.78 is 1.81. The summed E-state index contributed by atoms with van der Waals surface area (Å²) in [6, 6.07) is 1.77. The highest BCUT2D eigenvalue weighted by Gasteiger charge is 1.99. The Morgan fingerprint density at radius 3 is 2.91 bits per heavy atom. The standard InChI is InChI=1S/C7H4Cl2N2/c8-6-1-5-2-10-4-11(5)3-7(6)9/h1-4H. The molecular weight excluding hydrogens is 183 g/mol. The zero-order valence-corrected chi connectivity index (χ0v) is 6.97. The van der Waals surface area contributed by atoms with Crippen LogP contribution in [0.25, 0.3) is 5.52 Å². The maximum absolute atomic E-state index is 5.77. The van der Waals surface area contributed by atoms with E-state index in [2.05, 4.69) is 4.98 Å². The van der Waals surface area contributed by atoms with E-state index in [1.807, 2.05) is 4.40 Å². The monoisotopic (exact) mass is 186 g/mol. The van der Waals surface area contributed by atoms with Crippen molar-refractivity contribution in [2.24, 2.45) is 0 Å². The van der Waals surface area contributed by atoms with Gasteiger partial charge in [-0.3, -0.25) is 0 Å². The zero-order chi connectivity index (χ0) is 7.84. The van der Waals surface area contributed by atoms with E-state index in [0.717, 1.165) is 5.52 Å². The molecule has 2 rings (SSSR count). The van der Waals surface area contributed by atoms with E-state index >= 15 is 0 Å². The predicted molar refractivity (Wildman–Crippen MR) is 45.2 cm³/mol. The molecule has 0 radical (unpaired) electrons. The summed E-state index contributed by atoms with van der Waals surface area (Å²) in [4.78, 5) is 3.93. The smallest absolute Gasteiger partial charge is 0.0992 e. The molecule has 56 valence electrons. The molecule has 0 aliphatic heterocycles. The van der Waals surface area contributed by atoms with Crippen molar-refractivity contribution in [2.45, 2.75) is 0 Å². The molecule has 0 aliphatic carbocycles. The summed E-state index contributed by atoms with van der Waals surface area (Å²) in [7, 11) is 0. The Morgan fingerprint density at radius 1 is 1.27 bits per heavy atom. The van der Waals surface area contributed by atoms with Crippen molar-refractivity contribution in [3.63, 3.8) is 0 Å². The van der Waals surface area contributed by atoms with Gasteiger partial charge in [0.05, 0.1) is 28.1 Å². The van der Waals surface area contributed by atoms with Crippen LogP contribution in [-0.4, -0.2) is 9.38 Å². The molecular formula is C7H4Cl2N2. The minimum Gasteiger partial charge on any atom is -0.305 e. The van der Waals surface area contributed by atoms with Crippen LogP contribution >= 0.6 is 23.2 Å². The second-order valence-electron chi connectivity index (χ2n) is 2.20. The number of hydrogen-bond donors (Lipinski definition) is 0. The molecule has 0 fully saturated rings. The summed E-state index contributed by atoms with van der Waals surface area (Å²) in [5.41, 5.74) is 0.944. The Kier molecular flexibility index (Phi) is 1.51. The van der Waals surface area contributed by atoms with Crippen molar-refractivity contribution in [3.8, 4) is 0 Å². The van der Waals surface area contributed by atoms with Crippen LogP contribution in [0.1, 0.15) is 0 Å². The third-order valence-electron chi connectivity index (χ3n) is 1.45. The number of imidazole rings is 1. The average Bonchev–Trinajstić information content (AvgIpc) is 2.36. The van der Waals surface area contributed by atoms with Gasteiger partial charge in [-0.05, 0) is 6.07 Å². The molecule has 0 aromatic carbocycles. The SMILES string of the molecule is Clc1cc2cncn2cc1Cl. The zero-order valence-electron chi connectivity index (χ0n) is 5.46. The lowest BCUT2D eigenvalue weighted by molar-refractivity contribution is 1.15. The van der Waals surface area contributed by atoms with Gasteiger partial charge in [-0.1, -0.05) is 23.2 Å². The van der Waals surface area contributed by atoms with Crippen LogP contribution in [-0.2, 0) is 0 Å². The van der Waals surface area contributed by atoms with Gasteiger partial charge in [-0.25, -0.2) is 4.98 Å². The van der Waals surface area contributed by atoms with Gasteiger partial charge >= 0.3 is 0 Å². The minimum absolute atomic E-state index is 0.539. The van der Waals surface area contributed by atoms with Gasteiger partial charge in [0, 0.05) is 6.20 Å². The molecule has 0 aliphatic rings. The van der Waals surface area contributed by atoms with Gasteiger partial charge in [0.25, 0.3) is 0 Å². The molecule has 4 heteroatoms. The van der Waals surface area contributed by atoms with Gasteiger partial charge in [0.15, 0.2) is 0 Å². The number of nitrogens with zero attached hydrogens (tertiary/aromatic N) is 2. The van der Waals surface area contributed by atoms with Crippen molar-refractivity contribution in [1.82, 2.24) is 9.38 Å². The van der Waals surface area contributed by atoms with E-state index in [1.54, 1.807) is 24.8 Å². The molecule has 0 saturated carbocycles. The maximum atomic E-state index is 5.77. The third-order valence-corrected chi connectivity index (χ3v) is 2.16. The van der Waals surface area contributed by atoms with Crippen LogP contribution in [0.2, 0.25) is 10.0 Å². The van der Waals surface area contributed by atoms with Gasteiger partial charge in [-0.2, -0.15) is 0 Å². The number of halogens is 2. The fourth-order valence-corrected chi connectivity index (χ4v) is 1.24. The Bertz CT molecular complexity index is 358. The van der Waals surface area contributed by atoms with Crippen LogP contribution in [0.5, 0.6) is 0 Å². The molecule has 2 aromatic rings. The molecule has 11 heavy (non-hydrogen) atoms. The Balaban J connectivity index is 2.86. The molecule has 0 spiro atoms. The lowest BCUT2D eigenvalue weighted by atomic mass is 10.4. The molecule has 0 saturated heterocycles. The highest BCUT2D eigenvalue weighted by atomic mass is 35.5. The fraction of sp³-hybridized carbons (Fsp3) is 0. The number of rotatable bonds is 0. The van der Waals surface area contributed by atoms with Crippen molar-refractivity contribution in [2.75, 3.05) is 0 Å². The van der Waals surface area contributed by atoms with Crippen molar-refractivity contribution < 1.29 is 0 Å². The van der Waals surface area contributed by atoms with E-state index in [4.69, 9.17) is 23.2 Å². The summed E-state index contributed by atoms with van der Waals surface area (Å²) in [6.07, 6.45) is 5.13. The predicted octanol–water partition coefficient (Wildman–Crippen LogP) is 2.64. The first kappa shape index (κ1) is 6.95. The summed E-state index contributed by atoms with van der Waals surface area (Å²) in [6.45, 7) is 0. The highest BCUT2D eigenvalue weighted by Crippen LogP contribution is 2.22. The Hall–Kier alpha value is -0.730. The lowest BCUT2D eigenvalue weighted by Gasteiger charge is -1.96. The van der Waals surface area contributed by atoms with E-state index < -0.39 is 0 Å². The number of hydrogen-bond acceptors (Lipinski definition) is 1. The van der Waals surface area contributed by atoms with Gasteiger partial charge in [-0.15, -0.1) is 0 Å². The van der Waals surface area contributed by atoms with E-state index in [-0.39, 0.29) is 0 Å². The van der Waals surface area contributed by atoms with Gasteiger partial charge in [0.2, 0.25) is 0 Å². The Labute approximate surface area is 73.4 Å². The average molecular weight is 187 g/mol. The largest absolute Gasteiger partial charge is 0.305 e. The van der Waals surface area contributed by atoms with E-state index in [1.165, 1.54) is 0 Å². The van der Waals surface area contributed by atoms with Crippen LogP contribution in [0, 0.1) is 0 Å². The molecule has 0 atom stereocenters. The van der Waals surface area contributed by atoms with Gasteiger partial charge < -0.3 is 4.40 Å². The molecule has 0 bridgehead atoms. The van der Waals surface area contributed by atoms with Crippen molar-refractivity contribution in [3.05, 3.63) is 34.8 Å². The first-order valence-corrected chi connectivity index (χ1v) is 3.79. The summed E-state index contributed by atoms with van der Waals surface area (Å²) >= 11 is 11.5. The van der Waals surface area contributed by atoms with Crippen molar-refractivity contribution >= 4 is 28.7 Å². The number of aromatic nitrogens is 2. The quantitative estimate of drug-likeness (QED) is 0.619. The fourth-order valence-electron chi connectivity index (χ4n) is 0.917. The first-order chi connectivity index (χ1) is 5.27. The van der Waals surface area contributed by atoms with Crippen LogP contribution < -0.4 is 0 Å². The number of pyridine rings is 1. The minimum atomic E-state index is 0.539. The molecule has 2 nitrogen and oxygen atoms in total. The third kappa shape index (κ3) is 1.08. The molecule has 2 heterocycles. The molecule has 0 unspecified atom stereocenters. The summed E-state index contributed by atoms with van der Waals surface area (Å²) in [5, 5.41) is 1.09. The van der Waals surface area contributed by atoms with Crippen LogP contribution in [0.15, 0.2) is 24.8 Å². The topological polar surface area (TPSA) is 17.3 Å². The van der Waals surface area contributed by atoms with E-state index in [0.29, 0.717) is 10.0 Å². The molecule has 0 N–H and O–H groups in total. The molecule has 0 amide bonds. The first-order valence-electron chi connectivity index (χ1n) is 3.04. The van der Waals surface area contributed by atoms with Crippen LogP contribution in [0.4, 0.5) is 0 Å². The van der Waals surface area contributed by atoms with E-state index in [9.17, 15) is 0 Å². The summed E-state index contributed by atoms with van der Waals surface area (Å²) in [5.74, 6) is 0. The maximum Gasteiger partial charge on any atom is 0.0992 e. The van der Waals surface area contributed by atoms with Crippen molar-refractivity contribution in [1.29, 1.82) is 0 Å². The normalized spacial score (nSPS) is 10.7. The second-order valence-corrected chi connectivity index (χ2v) is 3.01. The Morgan fingerprint density at radius 2 is 2.09 bits per heavy atom. The van der Waals surface area contributed by atoms with Crippen LogP contribution in [0.3, 0.4) is 0 Å². The van der Waals surface area contributed by atoms with Gasteiger partial charge in [0.1, 0.15) is 0 Å².